The van der Waals surface area contributed by atoms with Crippen LogP contribution in [0.25, 0.3) is 11.0 Å². The summed E-state index contributed by atoms with van der Waals surface area (Å²) in [6.07, 6.45) is 1.77. The van der Waals surface area contributed by atoms with Crippen molar-refractivity contribution in [3.8, 4) is 0 Å². The summed E-state index contributed by atoms with van der Waals surface area (Å²) in [5, 5.41) is 14.5. The lowest BCUT2D eigenvalue weighted by Gasteiger charge is -2.07. The molecule has 15 heavy (non-hydrogen) atoms. The van der Waals surface area contributed by atoms with E-state index in [1.807, 2.05) is 17.7 Å². The van der Waals surface area contributed by atoms with Gasteiger partial charge in [0.05, 0.1) is 12.8 Å². The van der Waals surface area contributed by atoms with E-state index in [9.17, 15) is 5.11 Å². The number of nitrogens with zero attached hydrogens (tertiary/aromatic N) is 3. The third-order valence-corrected chi connectivity index (χ3v) is 2.44. The molecule has 0 aromatic carbocycles. The number of rotatable bonds is 2. The lowest BCUT2D eigenvalue weighted by Crippen LogP contribution is -2.04. The van der Waals surface area contributed by atoms with Crippen molar-refractivity contribution in [1.82, 2.24) is 14.8 Å². The van der Waals surface area contributed by atoms with Gasteiger partial charge in [-0.05, 0) is 32.4 Å². The molecule has 0 aliphatic carbocycles. The minimum atomic E-state index is 0.0314. The van der Waals surface area contributed by atoms with E-state index in [0.29, 0.717) is 0 Å². The van der Waals surface area contributed by atoms with Crippen LogP contribution in [-0.4, -0.2) is 19.9 Å². The van der Waals surface area contributed by atoms with Gasteiger partial charge in [-0.1, -0.05) is 0 Å². The fraction of sp³-hybridized carbons (Fsp3) is 0.455. The number of hydrogen-bond donors (Lipinski definition) is 1. The van der Waals surface area contributed by atoms with Crippen LogP contribution in [0.3, 0.4) is 0 Å². The van der Waals surface area contributed by atoms with Gasteiger partial charge in [0.25, 0.3) is 0 Å². The number of aromatic nitrogens is 3. The normalized spacial score (nSPS) is 11.5. The minimum Gasteiger partial charge on any atom is -0.392 e. The summed E-state index contributed by atoms with van der Waals surface area (Å²) in [6.45, 7) is 6.09. The maximum absolute atomic E-state index is 9.24. The number of hydrogen-bond acceptors (Lipinski definition) is 3. The SMILES string of the molecule is Cc1cc(CO)c2cnn(C(C)C)c2n1. The van der Waals surface area contributed by atoms with Crippen molar-refractivity contribution in [2.24, 2.45) is 0 Å². The molecular formula is C11H15N3O. The van der Waals surface area contributed by atoms with Gasteiger partial charge < -0.3 is 5.11 Å². The van der Waals surface area contributed by atoms with Crippen molar-refractivity contribution in [2.45, 2.75) is 33.4 Å². The van der Waals surface area contributed by atoms with Gasteiger partial charge in [-0.25, -0.2) is 9.67 Å². The summed E-state index contributed by atoms with van der Waals surface area (Å²) in [7, 11) is 0. The zero-order chi connectivity index (χ0) is 11.0. The lowest BCUT2D eigenvalue weighted by molar-refractivity contribution is 0.283. The van der Waals surface area contributed by atoms with Crippen LogP contribution in [0.1, 0.15) is 31.1 Å². The topological polar surface area (TPSA) is 50.9 Å². The van der Waals surface area contributed by atoms with Crippen LogP contribution in [0.5, 0.6) is 0 Å². The standard InChI is InChI=1S/C11H15N3O/c1-7(2)14-11-10(5-12-14)9(6-15)4-8(3)13-11/h4-5,7,15H,6H2,1-3H3. The van der Waals surface area contributed by atoms with Gasteiger partial charge in [-0.2, -0.15) is 5.10 Å². The van der Waals surface area contributed by atoms with Crippen LogP contribution >= 0.6 is 0 Å². The van der Waals surface area contributed by atoms with E-state index in [0.717, 1.165) is 22.3 Å². The molecule has 0 radical (unpaired) electrons. The summed E-state index contributed by atoms with van der Waals surface area (Å²) in [4.78, 5) is 4.45. The molecule has 80 valence electrons. The van der Waals surface area contributed by atoms with Crippen molar-refractivity contribution >= 4 is 11.0 Å². The third-order valence-electron chi connectivity index (χ3n) is 2.44. The van der Waals surface area contributed by atoms with Gasteiger partial charge in [-0.3, -0.25) is 0 Å². The molecular weight excluding hydrogens is 190 g/mol. The van der Waals surface area contributed by atoms with E-state index >= 15 is 0 Å². The quantitative estimate of drug-likeness (QED) is 0.813. The van der Waals surface area contributed by atoms with Gasteiger partial charge in [-0.15, -0.1) is 0 Å². The molecule has 2 aromatic rings. The second kappa shape index (κ2) is 3.62. The smallest absolute Gasteiger partial charge is 0.158 e. The summed E-state index contributed by atoms with van der Waals surface area (Å²) in [6, 6.07) is 2.18. The van der Waals surface area contributed by atoms with E-state index in [4.69, 9.17) is 0 Å². The van der Waals surface area contributed by atoms with Crippen LogP contribution in [-0.2, 0) is 6.61 Å². The summed E-state index contributed by atoms with van der Waals surface area (Å²) in [5.41, 5.74) is 2.66. The van der Waals surface area contributed by atoms with Crippen molar-refractivity contribution in [1.29, 1.82) is 0 Å². The molecule has 0 saturated carbocycles. The van der Waals surface area contributed by atoms with Crippen molar-refractivity contribution < 1.29 is 5.11 Å². The van der Waals surface area contributed by atoms with E-state index < -0.39 is 0 Å². The first kappa shape index (κ1) is 10.1. The second-order valence-corrected chi connectivity index (χ2v) is 4.00. The Morgan fingerprint density at radius 1 is 1.47 bits per heavy atom. The molecule has 0 aliphatic heterocycles. The molecule has 0 bridgehead atoms. The largest absolute Gasteiger partial charge is 0.392 e. The highest BCUT2D eigenvalue weighted by Crippen LogP contribution is 2.20. The molecule has 0 unspecified atom stereocenters. The predicted molar refractivity (Wildman–Crippen MR) is 58.6 cm³/mol. The van der Waals surface area contributed by atoms with Crippen LogP contribution in [0.2, 0.25) is 0 Å². The first-order valence-corrected chi connectivity index (χ1v) is 5.08. The Balaban J connectivity index is 2.75. The third kappa shape index (κ3) is 1.61. The molecule has 2 heterocycles. The van der Waals surface area contributed by atoms with E-state index in [2.05, 4.69) is 23.9 Å². The van der Waals surface area contributed by atoms with Gasteiger partial charge >= 0.3 is 0 Å². The Kier molecular flexibility index (Phi) is 2.44. The Morgan fingerprint density at radius 2 is 2.20 bits per heavy atom. The molecule has 0 amide bonds. The average Bonchev–Trinajstić information content (AvgIpc) is 2.59. The number of fused-ring (bicyclic) bond motifs is 1. The van der Waals surface area contributed by atoms with Gasteiger partial charge in [0.2, 0.25) is 0 Å². The fourth-order valence-corrected chi connectivity index (χ4v) is 1.73. The van der Waals surface area contributed by atoms with Gasteiger partial charge in [0, 0.05) is 17.1 Å². The first-order chi connectivity index (χ1) is 7.13. The Bertz CT molecular complexity index is 488. The Morgan fingerprint density at radius 3 is 2.80 bits per heavy atom. The molecule has 4 heteroatoms. The first-order valence-electron chi connectivity index (χ1n) is 5.08. The van der Waals surface area contributed by atoms with Crippen molar-refractivity contribution in [3.05, 3.63) is 23.5 Å². The van der Waals surface area contributed by atoms with E-state index in [1.165, 1.54) is 0 Å². The summed E-state index contributed by atoms with van der Waals surface area (Å²) < 4.78 is 1.88. The van der Waals surface area contributed by atoms with Gasteiger partial charge in [0.15, 0.2) is 5.65 Å². The maximum atomic E-state index is 9.24. The molecule has 2 rings (SSSR count). The highest BCUT2D eigenvalue weighted by Gasteiger charge is 2.10. The Hall–Kier alpha value is -1.42. The molecule has 0 saturated heterocycles. The number of pyridine rings is 1. The number of aliphatic hydroxyl groups is 1. The number of aryl methyl sites for hydroxylation is 1. The molecule has 2 aromatic heterocycles. The zero-order valence-corrected chi connectivity index (χ0v) is 9.23. The highest BCUT2D eigenvalue weighted by atomic mass is 16.3. The summed E-state index contributed by atoms with van der Waals surface area (Å²) in [5.74, 6) is 0. The lowest BCUT2D eigenvalue weighted by atomic mass is 10.2. The maximum Gasteiger partial charge on any atom is 0.158 e. The van der Waals surface area contributed by atoms with Crippen LogP contribution < -0.4 is 0 Å². The molecule has 0 fully saturated rings. The monoisotopic (exact) mass is 205 g/mol. The van der Waals surface area contributed by atoms with E-state index in [1.54, 1.807) is 6.20 Å². The molecule has 0 atom stereocenters. The van der Waals surface area contributed by atoms with Crippen LogP contribution in [0.4, 0.5) is 0 Å². The Labute approximate surface area is 88.6 Å². The highest BCUT2D eigenvalue weighted by molar-refractivity contribution is 5.78. The zero-order valence-electron chi connectivity index (χ0n) is 9.23. The average molecular weight is 205 g/mol. The van der Waals surface area contributed by atoms with Gasteiger partial charge in [0.1, 0.15) is 0 Å². The molecule has 1 N–H and O–H groups in total. The number of aliphatic hydroxyl groups excluding tert-OH is 1. The van der Waals surface area contributed by atoms with Crippen LogP contribution in [0.15, 0.2) is 12.3 Å². The molecule has 0 aliphatic rings. The summed E-state index contributed by atoms with van der Waals surface area (Å²) >= 11 is 0. The molecule has 0 spiro atoms. The fourth-order valence-electron chi connectivity index (χ4n) is 1.73. The predicted octanol–water partition coefficient (Wildman–Crippen LogP) is 1.81. The van der Waals surface area contributed by atoms with Crippen LogP contribution in [0, 0.1) is 6.92 Å². The minimum absolute atomic E-state index is 0.0314. The van der Waals surface area contributed by atoms with Crippen molar-refractivity contribution in [2.75, 3.05) is 0 Å². The molecule has 4 nitrogen and oxygen atoms in total. The second-order valence-electron chi connectivity index (χ2n) is 4.00. The van der Waals surface area contributed by atoms with Crippen molar-refractivity contribution in [3.63, 3.8) is 0 Å². The van der Waals surface area contributed by atoms with E-state index in [-0.39, 0.29) is 12.6 Å².